The molecule has 2 N–H and O–H groups in total. The van der Waals surface area contributed by atoms with Crippen LogP contribution in [-0.2, 0) is 0 Å². The van der Waals surface area contributed by atoms with E-state index in [4.69, 9.17) is 4.74 Å². The fourth-order valence-corrected chi connectivity index (χ4v) is 3.46. The molecule has 0 saturated carbocycles. The molecule has 1 amide bonds. The summed E-state index contributed by atoms with van der Waals surface area (Å²) in [4.78, 5) is 34.8. The van der Waals surface area contributed by atoms with E-state index >= 15 is 0 Å². The predicted octanol–water partition coefficient (Wildman–Crippen LogP) is 6.60. The molecule has 10 heteroatoms. The Bertz CT molecular complexity index is 1400. The van der Waals surface area contributed by atoms with Crippen molar-refractivity contribution in [1.29, 1.82) is 0 Å². The Morgan fingerprint density at radius 2 is 1.36 bits per heavy atom. The number of rotatable bonds is 8. The molecule has 0 radical (unpaired) electrons. The lowest BCUT2D eigenvalue weighted by Crippen LogP contribution is -2.13. The maximum atomic E-state index is 12.7. The van der Waals surface area contributed by atoms with Crippen LogP contribution in [0.3, 0.4) is 0 Å². The van der Waals surface area contributed by atoms with Crippen LogP contribution in [0.25, 0.3) is 0 Å². The van der Waals surface area contributed by atoms with Gasteiger partial charge in [-0.1, -0.05) is 30.3 Å². The Labute approximate surface area is 205 Å². The summed E-state index contributed by atoms with van der Waals surface area (Å²) in [5.74, 6) is 0.434. The molecule has 4 rings (SSSR count). The van der Waals surface area contributed by atoms with Crippen LogP contribution in [0.5, 0.6) is 11.5 Å². The molecule has 36 heavy (non-hydrogen) atoms. The summed E-state index contributed by atoms with van der Waals surface area (Å²) >= 11 is 0. The first-order valence-electron chi connectivity index (χ1n) is 10.7. The number of amides is 1. The van der Waals surface area contributed by atoms with Crippen molar-refractivity contribution in [1.82, 2.24) is 0 Å². The third-order valence-corrected chi connectivity index (χ3v) is 5.13. The number of hydrogen-bond donors (Lipinski definition) is 2. The van der Waals surface area contributed by atoms with E-state index in [0.29, 0.717) is 22.9 Å². The number of hydrogen-bond acceptors (Lipinski definition) is 7. The molecule has 0 aliphatic carbocycles. The molecule has 0 bridgehead atoms. The lowest BCUT2D eigenvalue weighted by molar-refractivity contribution is -0.392. The second-order valence-electron chi connectivity index (χ2n) is 7.79. The van der Waals surface area contributed by atoms with Gasteiger partial charge in [0.05, 0.1) is 15.4 Å². The fourth-order valence-electron chi connectivity index (χ4n) is 3.46. The smallest absolute Gasteiger partial charge is 0.300 e. The number of benzene rings is 4. The average molecular weight is 484 g/mol. The van der Waals surface area contributed by atoms with E-state index in [9.17, 15) is 25.0 Å². The second kappa shape index (κ2) is 10.3. The SMILES string of the molecule is Cc1cccc(NC(=O)c2cc([N+](=O)[O-])c(Nc3ccc(Oc4ccccc4)cc3)c([N+](=O)[O-])c2)c1. The van der Waals surface area contributed by atoms with E-state index in [2.05, 4.69) is 10.6 Å². The highest BCUT2D eigenvalue weighted by molar-refractivity contribution is 6.06. The molecule has 0 unspecified atom stereocenters. The molecule has 0 heterocycles. The third-order valence-electron chi connectivity index (χ3n) is 5.13. The van der Waals surface area contributed by atoms with Gasteiger partial charge in [0.2, 0.25) is 0 Å². The third kappa shape index (κ3) is 5.62. The Morgan fingerprint density at radius 1 is 0.750 bits per heavy atom. The van der Waals surface area contributed by atoms with E-state index in [1.807, 2.05) is 31.2 Å². The van der Waals surface area contributed by atoms with Crippen molar-refractivity contribution in [2.24, 2.45) is 0 Å². The van der Waals surface area contributed by atoms with Gasteiger partial charge in [-0.05, 0) is 61.0 Å². The van der Waals surface area contributed by atoms with Crippen LogP contribution in [0.15, 0.2) is 91.0 Å². The van der Waals surface area contributed by atoms with E-state index in [-0.39, 0.29) is 11.3 Å². The summed E-state index contributed by atoms with van der Waals surface area (Å²) in [6, 6.07) is 24.4. The van der Waals surface area contributed by atoms with Gasteiger partial charge in [0.15, 0.2) is 5.69 Å². The molecule has 180 valence electrons. The summed E-state index contributed by atoms with van der Waals surface area (Å²) in [5.41, 5.74) is -0.0549. The largest absolute Gasteiger partial charge is 0.457 e. The van der Waals surface area contributed by atoms with Crippen LogP contribution in [0.4, 0.5) is 28.4 Å². The zero-order valence-electron chi connectivity index (χ0n) is 19.0. The number of nitro benzene ring substituents is 2. The summed E-state index contributed by atoms with van der Waals surface area (Å²) in [5, 5.41) is 29.0. The minimum absolute atomic E-state index is 0.216. The Hall–Kier alpha value is -5.25. The van der Waals surface area contributed by atoms with Crippen molar-refractivity contribution >= 4 is 34.3 Å². The molecule has 0 fully saturated rings. The molecule has 10 nitrogen and oxygen atoms in total. The highest BCUT2D eigenvalue weighted by atomic mass is 16.6. The minimum atomic E-state index is -0.772. The Kier molecular flexibility index (Phi) is 6.87. The quantitative estimate of drug-likeness (QED) is 0.212. The van der Waals surface area contributed by atoms with Gasteiger partial charge in [0.25, 0.3) is 5.91 Å². The molecule has 4 aromatic rings. The summed E-state index contributed by atoms with van der Waals surface area (Å²) < 4.78 is 5.72. The van der Waals surface area contributed by atoms with E-state index in [1.54, 1.807) is 54.6 Å². The van der Waals surface area contributed by atoms with E-state index in [1.165, 1.54) is 0 Å². The van der Waals surface area contributed by atoms with Crippen molar-refractivity contribution < 1.29 is 19.4 Å². The molecular weight excluding hydrogens is 464 g/mol. The van der Waals surface area contributed by atoms with Crippen molar-refractivity contribution in [3.8, 4) is 11.5 Å². The highest BCUT2D eigenvalue weighted by Crippen LogP contribution is 2.38. The van der Waals surface area contributed by atoms with Crippen LogP contribution in [0.2, 0.25) is 0 Å². The first kappa shape index (κ1) is 23.9. The number of carbonyl (C=O) groups excluding carboxylic acids is 1. The standard InChI is InChI=1S/C26H20N4O6/c1-17-6-5-7-20(14-17)28-26(31)18-15-23(29(32)33)25(24(16-18)30(34)35)27-19-10-12-22(13-11-19)36-21-8-3-2-4-9-21/h2-16,27H,1H3,(H,28,31). The first-order valence-corrected chi connectivity index (χ1v) is 10.7. The predicted molar refractivity (Wildman–Crippen MR) is 135 cm³/mol. The van der Waals surface area contributed by atoms with Gasteiger partial charge < -0.3 is 15.4 Å². The Morgan fingerprint density at radius 3 is 1.94 bits per heavy atom. The summed E-state index contributed by atoms with van der Waals surface area (Å²) in [6.07, 6.45) is 0. The summed E-state index contributed by atoms with van der Waals surface area (Å²) in [6.45, 7) is 1.84. The van der Waals surface area contributed by atoms with E-state index < -0.39 is 27.1 Å². The molecule has 0 aliphatic heterocycles. The number of carbonyl (C=O) groups is 1. The topological polar surface area (TPSA) is 137 Å². The van der Waals surface area contributed by atoms with Gasteiger partial charge in [-0.3, -0.25) is 25.0 Å². The lowest BCUT2D eigenvalue weighted by atomic mass is 10.1. The van der Waals surface area contributed by atoms with E-state index in [0.717, 1.165) is 17.7 Å². The zero-order valence-corrected chi connectivity index (χ0v) is 19.0. The lowest BCUT2D eigenvalue weighted by Gasteiger charge is -2.11. The van der Waals surface area contributed by atoms with Gasteiger partial charge in [-0.2, -0.15) is 0 Å². The molecule has 4 aromatic carbocycles. The Balaban J connectivity index is 1.63. The van der Waals surface area contributed by atoms with Crippen molar-refractivity contribution in [2.45, 2.75) is 6.92 Å². The van der Waals surface area contributed by atoms with Gasteiger partial charge in [-0.15, -0.1) is 0 Å². The number of nitrogens with one attached hydrogen (secondary N) is 2. The van der Waals surface area contributed by atoms with Crippen LogP contribution in [0, 0.1) is 27.2 Å². The number of nitrogens with zero attached hydrogens (tertiary/aromatic N) is 2. The number of para-hydroxylation sites is 1. The highest BCUT2D eigenvalue weighted by Gasteiger charge is 2.29. The first-order chi connectivity index (χ1) is 17.3. The molecule has 0 atom stereocenters. The van der Waals surface area contributed by atoms with Crippen LogP contribution in [-0.4, -0.2) is 15.8 Å². The molecule has 0 spiro atoms. The van der Waals surface area contributed by atoms with Crippen LogP contribution < -0.4 is 15.4 Å². The fraction of sp³-hybridized carbons (Fsp3) is 0.0385. The maximum absolute atomic E-state index is 12.7. The molecular formula is C26H20N4O6. The summed E-state index contributed by atoms with van der Waals surface area (Å²) in [7, 11) is 0. The maximum Gasteiger partial charge on any atom is 0.300 e. The van der Waals surface area contributed by atoms with Crippen LogP contribution >= 0.6 is 0 Å². The molecule has 0 aliphatic rings. The second-order valence-corrected chi connectivity index (χ2v) is 7.79. The average Bonchev–Trinajstić information content (AvgIpc) is 2.85. The van der Waals surface area contributed by atoms with Crippen molar-refractivity contribution in [3.63, 3.8) is 0 Å². The van der Waals surface area contributed by atoms with Crippen molar-refractivity contribution in [2.75, 3.05) is 10.6 Å². The molecule has 0 aromatic heterocycles. The number of anilines is 3. The molecule has 0 saturated heterocycles. The van der Waals surface area contributed by atoms with Crippen molar-refractivity contribution in [3.05, 3.63) is 122 Å². The normalized spacial score (nSPS) is 10.4. The van der Waals surface area contributed by atoms with Gasteiger partial charge in [0.1, 0.15) is 11.5 Å². The number of aryl methyl sites for hydroxylation is 1. The monoisotopic (exact) mass is 484 g/mol. The number of nitro groups is 2. The number of ether oxygens (including phenoxy) is 1. The van der Waals surface area contributed by atoms with Crippen LogP contribution in [0.1, 0.15) is 15.9 Å². The zero-order chi connectivity index (χ0) is 25.7. The minimum Gasteiger partial charge on any atom is -0.457 e. The van der Waals surface area contributed by atoms with Gasteiger partial charge in [-0.25, -0.2) is 0 Å². The van der Waals surface area contributed by atoms with Gasteiger partial charge in [0, 0.05) is 23.5 Å². The van der Waals surface area contributed by atoms with Gasteiger partial charge >= 0.3 is 11.4 Å².